The van der Waals surface area contributed by atoms with Crippen molar-refractivity contribution >= 4 is 28.2 Å². The average molecular weight is 458 g/mol. The van der Waals surface area contributed by atoms with E-state index in [1.165, 1.54) is 0 Å². The van der Waals surface area contributed by atoms with Crippen LogP contribution in [0.3, 0.4) is 0 Å². The lowest BCUT2D eigenvalue weighted by molar-refractivity contribution is -0.0165. The minimum absolute atomic E-state index is 0.00179. The molecule has 0 amide bonds. The van der Waals surface area contributed by atoms with Gasteiger partial charge in [0.05, 0.1) is 18.8 Å². The fourth-order valence-electron chi connectivity index (χ4n) is 2.89. The van der Waals surface area contributed by atoms with Crippen LogP contribution in [0.1, 0.15) is 59.6 Å². The van der Waals surface area contributed by atoms with E-state index in [2.05, 4.69) is 72.7 Å². The zero-order valence-corrected chi connectivity index (χ0v) is 22.7. The van der Waals surface area contributed by atoms with Crippen molar-refractivity contribution in [2.24, 2.45) is 0 Å². The van der Waals surface area contributed by atoms with Crippen molar-refractivity contribution in [3.05, 3.63) is 29.0 Å². The molecule has 0 aliphatic carbocycles. The Bertz CT molecular complexity index is 698. The molecule has 166 valence electrons. The maximum absolute atomic E-state index is 6.80. The second-order valence-corrected chi connectivity index (χ2v) is 21.2. The molecule has 29 heavy (non-hydrogen) atoms. The highest BCUT2D eigenvalue weighted by molar-refractivity contribution is 6.74. The van der Waals surface area contributed by atoms with Crippen LogP contribution in [0.2, 0.25) is 41.4 Å². The molecular formula is C22H40ClNO3Si2. The third-order valence-electron chi connectivity index (χ3n) is 7.00. The number of halogens is 1. The van der Waals surface area contributed by atoms with Gasteiger partial charge in [-0.15, -0.1) is 0 Å². The summed E-state index contributed by atoms with van der Waals surface area (Å²) >= 11 is 6.37. The molecule has 1 aliphatic rings. The lowest BCUT2D eigenvalue weighted by Crippen LogP contribution is -2.48. The largest absolute Gasteiger partial charge is 0.414 e. The minimum atomic E-state index is -1.94. The molecule has 3 atom stereocenters. The van der Waals surface area contributed by atoms with E-state index < -0.39 is 16.6 Å². The van der Waals surface area contributed by atoms with Crippen LogP contribution < -0.4 is 0 Å². The van der Waals surface area contributed by atoms with Crippen molar-refractivity contribution in [3.8, 4) is 0 Å². The van der Waals surface area contributed by atoms with Crippen LogP contribution >= 0.6 is 11.6 Å². The standard InChI is InChI=1S/C22H40ClNO3Si2/c1-21(2,3)28(7,8)25-15-19-18(27-29(9,10)22(4,5)6)14-17(26-19)16-12-11-13-24-20(16)23/h11-13,17-19H,14-15H2,1-10H3/t17-,18+,19-/m1/s1. The molecule has 1 aliphatic heterocycles. The van der Waals surface area contributed by atoms with Crippen molar-refractivity contribution in [2.45, 2.75) is 103 Å². The third kappa shape index (κ3) is 5.92. The van der Waals surface area contributed by atoms with Crippen LogP contribution in [-0.4, -0.2) is 40.4 Å². The van der Waals surface area contributed by atoms with E-state index in [9.17, 15) is 0 Å². The monoisotopic (exact) mass is 457 g/mol. The Labute approximate surface area is 185 Å². The van der Waals surface area contributed by atoms with Gasteiger partial charge in [0.2, 0.25) is 0 Å². The van der Waals surface area contributed by atoms with Crippen molar-refractivity contribution in [3.63, 3.8) is 0 Å². The summed E-state index contributed by atoms with van der Waals surface area (Å²) in [6.07, 6.45) is 2.28. The maximum atomic E-state index is 6.80. The Morgan fingerprint density at radius 2 is 1.66 bits per heavy atom. The van der Waals surface area contributed by atoms with Gasteiger partial charge in [-0.1, -0.05) is 59.2 Å². The summed E-state index contributed by atoms with van der Waals surface area (Å²) in [7, 11) is -3.81. The van der Waals surface area contributed by atoms with Gasteiger partial charge in [-0.05, 0) is 42.3 Å². The van der Waals surface area contributed by atoms with E-state index in [4.69, 9.17) is 25.2 Å². The molecule has 4 nitrogen and oxygen atoms in total. The molecule has 1 aromatic heterocycles. The fraction of sp³-hybridized carbons (Fsp3) is 0.773. The summed E-state index contributed by atoms with van der Waals surface area (Å²) in [6.45, 7) is 23.3. The Balaban J connectivity index is 2.23. The molecule has 0 bridgehead atoms. The van der Waals surface area contributed by atoms with Crippen molar-refractivity contribution in [1.82, 2.24) is 4.98 Å². The van der Waals surface area contributed by atoms with Crippen molar-refractivity contribution in [1.29, 1.82) is 0 Å². The predicted octanol–water partition coefficient (Wildman–Crippen LogP) is 6.98. The van der Waals surface area contributed by atoms with Crippen LogP contribution in [0.4, 0.5) is 0 Å². The van der Waals surface area contributed by atoms with Gasteiger partial charge in [0, 0.05) is 18.2 Å². The average Bonchev–Trinajstić information content (AvgIpc) is 2.93. The number of aromatic nitrogens is 1. The molecule has 0 N–H and O–H groups in total. The van der Waals surface area contributed by atoms with Gasteiger partial charge < -0.3 is 13.6 Å². The summed E-state index contributed by atoms with van der Waals surface area (Å²) in [6, 6.07) is 3.91. The number of pyridine rings is 1. The Morgan fingerprint density at radius 1 is 1.07 bits per heavy atom. The third-order valence-corrected chi connectivity index (χ3v) is 16.3. The molecule has 0 spiro atoms. The second-order valence-electron chi connectivity index (χ2n) is 11.3. The van der Waals surface area contributed by atoms with E-state index in [0.717, 1.165) is 12.0 Å². The summed E-state index contributed by atoms with van der Waals surface area (Å²) in [5, 5.41) is 0.810. The van der Waals surface area contributed by atoms with E-state index in [1.54, 1.807) is 6.20 Å². The summed E-state index contributed by atoms with van der Waals surface area (Å²) in [4.78, 5) is 4.23. The van der Waals surface area contributed by atoms with Gasteiger partial charge in [0.1, 0.15) is 11.3 Å². The van der Waals surface area contributed by atoms with Gasteiger partial charge in [-0.2, -0.15) is 0 Å². The van der Waals surface area contributed by atoms with E-state index in [1.807, 2.05) is 12.1 Å². The number of nitrogens with zero attached hydrogens (tertiary/aromatic N) is 1. The van der Waals surface area contributed by atoms with Gasteiger partial charge in [-0.25, -0.2) is 4.98 Å². The Kier molecular flexibility index (Phi) is 7.52. The highest BCUT2D eigenvalue weighted by Gasteiger charge is 2.46. The lowest BCUT2D eigenvalue weighted by Gasteiger charge is -2.40. The minimum Gasteiger partial charge on any atom is -0.414 e. The highest BCUT2D eigenvalue weighted by atomic mass is 35.5. The fourth-order valence-corrected chi connectivity index (χ4v) is 5.50. The molecule has 1 fully saturated rings. The van der Waals surface area contributed by atoms with Crippen molar-refractivity contribution in [2.75, 3.05) is 6.61 Å². The SMILES string of the molecule is CC(C)(C)[Si](C)(C)OC[C@H]1O[C@@H](c2cccnc2Cl)C[C@@H]1O[Si](C)(C)C(C)(C)C. The summed E-state index contributed by atoms with van der Waals surface area (Å²) in [5.74, 6) is 0. The number of hydrogen-bond acceptors (Lipinski definition) is 4. The molecule has 1 saturated heterocycles. The first-order chi connectivity index (χ1) is 13.1. The smallest absolute Gasteiger partial charge is 0.192 e. The quantitative estimate of drug-likeness (QED) is 0.341. The maximum Gasteiger partial charge on any atom is 0.192 e. The van der Waals surface area contributed by atoms with Crippen LogP contribution in [0.5, 0.6) is 0 Å². The first-order valence-corrected chi connectivity index (χ1v) is 16.8. The Morgan fingerprint density at radius 3 is 2.17 bits per heavy atom. The lowest BCUT2D eigenvalue weighted by atomic mass is 10.1. The van der Waals surface area contributed by atoms with Gasteiger partial charge in [-0.3, -0.25) is 0 Å². The van der Waals surface area contributed by atoms with Crippen LogP contribution in [0, 0.1) is 0 Å². The molecule has 0 saturated carbocycles. The van der Waals surface area contributed by atoms with Crippen molar-refractivity contribution < 1.29 is 13.6 Å². The first-order valence-electron chi connectivity index (χ1n) is 10.6. The van der Waals surface area contributed by atoms with Gasteiger partial charge >= 0.3 is 0 Å². The molecular weight excluding hydrogens is 418 g/mol. The zero-order chi connectivity index (χ0) is 22.3. The Hall–Kier alpha value is -0.246. The predicted molar refractivity (Wildman–Crippen MR) is 127 cm³/mol. The number of ether oxygens (including phenoxy) is 1. The molecule has 0 aromatic carbocycles. The van der Waals surface area contributed by atoms with Crippen LogP contribution in [0.25, 0.3) is 0 Å². The zero-order valence-electron chi connectivity index (χ0n) is 19.9. The van der Waals surface area contributed by atoms with Crippen LogP contribution in [-0.2, 0) is 13.6 Å². The molecule has 2 rings (SSSR count). The van der Waals surface area contributed by atoms with E-state index in [-0.39, 0.29) is 28.4 Å². The van der Waals surface area contributed by atoms with Gasteiger partial charge in [0.25, 0.3) is 0 Å². The number of hydrogen-bond donors (Lipinski definition) is 0. The first kappa shape index (κ1) is 25.0. The molecule has 7 heteroatoms. The highest BCUT2D eigenvalue weighted by Crippen LogP contribution is 2.44. The summed E-state index contributed by atoms with van der Waals surface area (Å²) in [5.41, 5.74) is 0.938. The van der Waals surface area contributed by atoms with Gasteiger partial charge in [0.15, 0.2) is 16.6 Å². The number of rotatable bonds is 6. The molecule has 0 radical (unpaired) electrons. The summed E-state index contributed by atoms with van der Waals surface area (Å²) < 4.78 is 19.8. The van der Waals surface area contributed by atoms with E-state index in [0.29, 0.717) is 11.8 Å². The topological polar surface area (TPSA) is 40.6 Å². The molecule has 0 unspecified atom stereocenters. The molecule has 2 heterocycles. The van der Waals surface area contributed by atoms with E-state index >= 15 is 0 Å². The second kappa shape index (κ2) is 8.71. The van der Waals surface area contributed by atoms with Crippen LogP contribution in [0.15, 0.2) is 18.3 Å². The normalized spacial score (nSPS) is 24.2. The molecule has 1 aromatic rings.